The number of carbonyl (C=O) groups is 3. The zero-order chi connectivity index (χ0) is 17.6. The van der Waals surface area contributed by atoms with Gasteiger partial charge in [0.05, 0.1) is 5.92 Å². The summed E-state index contributed by atoms with van der Waals surface area (Å²) in [6.45, 7) is 5.22. The lowest BCUT2D eigenvalue weighted by Gasteiger charge is -2.33. The predicted octanol–water partition coefficient (Wildman–Crippen LogP) is 1.24. The molecule has 0 aromatic carbocycles. The van der Waals surface area contributed by atoms with Gasteiger partial charge >= 0.3 is 12.0 Å². The van der Waals surface area contributed by atoms with Gasteiger partial charge in [0.2, 0.25) is 5.91 Å². The molecular formula is C16H29N3O4. The lowest BCUT2D eigenvalue weighted by Crippen LogP contribution is -2.47. The van der Waals surface area contributed by atoms with Gasteiger partial charge in [0.25, 0.3) is 0 Å². The summed E-state index contributed by atoms with van der Waals surface area (Å²) < 4.78 is 0. The van der Waals surface area contributed by atoms with Crippen LogP contribution in [-0.4, -0.2) is 66.5 Å². The Morgan fingerprint density at radius 3 is 2.22 bits per heavy atom. The van der Waals surface area contributed by atoms with Gasteiger partial charge in [0, 0.05) is 39.6 Å². The molecule has 0 spiro atoms. The molecular weight excluding hydrogens is 298 g/mol. The van der Waals surface area contributed by atoms with E-state index in [1.807, 2.05) is 13.8 Å². The van der Waals surface area contributed by atoms with Crippen LogP contribution in [0.2, 0.25) is 0 Å². The number of likely N-dealkylation sites (tertiary alicyclic amines) is 1. The van der Waals surface area contributed by atoms with E-state index in [4.69, 9.17) is 0 Å². The molecule has 23 heavy (non-hydrogen) atoms. The van der Waals surface area contributed by atoms with E-state index >= 15 is 0 Å². The molecule has 0 aliphatic carbocycles. The molecule has 7 heteroatoms. The van der Waals surface area contributed by atoms with Gasteiger partial charge in [0.15, 0.2) is 0 Å². The average molecular weight is 327 g/mol. The summed E-state index contributed by atoms with van der Waals surface area (Å²) in [5, 5.41) is 12.0. The SMILES string of the molecule is CC(C)CC(CNC(=O)C1CCN(C(=O)N(C)C)CC1)C(=O)O. The number of amides is 3. The van der Waals surface area contributed by atoms with Gasteiger partial charge in [-0.25, -0.2) is 4.79 Å². The van der Waals surface area contributed by atoms with E-state index < -0.39 is 11.9 Å². The first-order valence-corrected chi connectivity index (χ1v) is 8.19. The fraction of sp³-hybridized carbons (Fsp3) is 0.812. The van der Waals surface area contributed by atoms with Gasteiger partial charge in [-0.15, -0.1) is 0 Å². The Balaban J connectivity index is 2.42. The molecule has 1 saturated heterocycles. The summed E-state index contributed by atoms with van der Waals surface area (Å²) in [6.07, 6.45) is 1.78. The van der Waals surface area contributed by atoms with Gasteiger partial charge < -0.3 is 20.2 Å². The highest BCUT2D eigenvalue weighted by molar-refractivity contribution is 5.80. The van der Waals surface area contributed by atoms with Crippen molar-refractivity contribution in [3.05, 3.63) is 0 Å². The lowest BCUT2D eigenvalue weighted by atomic mass is 9.94. The molecule has 7 nitrogen and oxygen atoms in total. The predicted molar refractivity (Wildman–Crippen MR) is 87.0 cm³/mol. The first-order valence-electron chi connectivity index (χ1n) is 8.19. The lowest BCUT2D eigenvalue weighted by molar-refractivity contribution is -0.142. The number of hydrogen-bond donors (Lipinski definition) is 2. The van der Waals surface area contributed by atoms with Crippen LogP contribution in [0.4, 0.5) is 4.79 Å². The topological polar surface area (TPSA) is 90.0 Å². The van der Waals surface area contributed by atoms with E-state index in [9.17, 15) is 19.5 Å². The number of nitrogens with zero attached hydrogens (tertiary/aromatic N) is 2. The molecule has 0 bridgehead atoms. The van der Waals surface area contributed by atoms with Crippen LogP contribution < -0.4 is 5.32 Å². The fourth-order valence-electron chi connectivity index (χ4n) is 2.82. The second-order valence-electron chi connectivity index (χ2n) is 6.85. The van der Waals surface area contributed by atoms with E-state index in [-0.39, 0.29) is 30.3 Å². The third-order valence-corrected chi connectivity index (χ3v) is 4.15. The summed E-state index contributed by atoms with van der Waals surface area (Å²) >= 11 is 0. The van der Waals surface area contributed by atoms with Crippen LogP contribution in [0, 0.1) is 17.8 Å². The van der Waals surface area contributed by atoms with Crippen molar-refractivity contribution in [2.24, 2.45) is 17.8 Å². The van der Waals surface area contributed by atoms with Crippen molar-refractivity contribution in [3.63, 3.8) is 0 Å². The van der Waals surface area contributed by atoms with Gasteiger partial charge in [-0.1, -0.05) is 13.8 Å². The van der Waals surface area contributed by atoms with Gasteiger partial charge in [-0.2, -0.15) is 0 Å². The number of carboxylic acids is 1. The van der Waals surface area contributed by atoms with Crippen LogP contribution in [0.5, 0.6) is 0 Å². The molecule has 1 atom stereocenters. The molecule has 0 saturated carbocycles. The van der Waals surface area contributed by atoms with Crippen molar-refractivity contribution in [3.8, 4) is 0 Å². The minimum atomic E-state index is -0.870. The smallest absolute Gasteiger partial charge is 0.319 e. The Morgan fingerprint density at radius 2 is 1.78 bits per heavy atom. The number of piperidine rings is 1. The fourth-order valence-corrected chi connectivity index (χ4v) is 2.82. The van der Waals surface area contributed by atoms with Crippen molar-refractivity contribution >= 4 is 17.9 Å². The summed E-state index contributed by atoms with van der Waals surface area (Å²) in [7, 11) is 3.42. The van der Waals surface area contributed by atoms with E-state index in [0.717, 1.165) is 0 Å². The van der Waals surface area contributed by atoms with Gasteiger partial charge in [-0.3, -0.25) is 9.59 Å². The van der Waals surface area contributed by atoms with Gasteiger partial charge in [0.1, 0.15) is 0 Å². The number of hydrogen-bond acceptors (Lipinski definition) is 3. The van der Waals surface area contributed by atoms with Crippen molar-refractivity contribution in [1.29, 1.82) is 0 Å². The van der Waals surface area contributed by atoms with E-state index in [2.05, 4.69) is 5.32 Å². The number of rotatable bonds is 6. The monoisotopic (exact) mass is 327 g/mol. The maximum atomic E-state index is 12.2. The largest absolute Gasteiger partial charge is 0.481 e. The van der Waals surface area contributed by atoms with E-state index in [1.165, 1.54) is 4.90 Å². The highest BCUT2D eigenvalue weighted by Gasteiger charge is 2.29. The molecule has 1 rings (SSSR count). The molecule has 1 unspecified atom stereocenters. The van der Waals surface area contributed by atoms with Crippen LogP contribution in [0.15, 0.2) is 0 Å². The van der Waals surface area contributed by atoms with E-state index in [0.29, 0.717) is 32.4 Å². The third-order valence-electron chi connectivity index (χ3n) is 4.15. The normalized spacial score (nSPS) is 17.0. The third kappa shape index (κ3) is 6.08. The maximum Gasteiger partial charge on any atom is 0.319 e. The first kappa shape index (κ1) is 19.3. The molecule has 0 aromatic heterocycles. The highest BCUT2D eigenvalue weighted by Crippen LogP contribution is 2.18. The van der Waals surface area contributed by atoms with Crippen LogP contribution >= 0.6 is 0 Å². The molecule has 0 aromatic rings. The maximum absolute atomic E-state index is 12.2. The number of urea groups is 1. The Kier molecular flexibility index (Phi) is 7.32. The molecule has 1 aliphatic rings. The molecule has 1 aliphatic heterocycles. The van der Waals surface area contributed by atoms with Crippen molar-refractivity contribution < 1.29 is 19.5 Å². The van der Waals surface area contributed by atoms with Crippen molar-refractivity contribution in [2.45, 2.75) is 33.1 Å². The van der Waals surface area contributed by atoms with Crippen molar-refractivity contribution in [2.75, 3.05) is 33.7 Å². The second-order valence-corrected chi connectivity index (χ2v) is 6.85. The minimum Gasteiger partial charge on any atom is -0.481 e. The summed E-state index contributed by atoms with van der Waals surface area (Å²) in [5.74, 6) is -1.39. The minimum absolute atomic E-state index is 0.0354. The molecule has 3 amide bonds. The molecule has 1 fully saturated rings. The number of aliphatic carboxylic acids is 1. The number of nitrogens with one attached hydrogen (secondary N) is 1. The Morgan fingerprint density at radius 1 is 1.22 bits per heavy atom. The van der Waals surface area contributed by atoms with Crippen molar-refractivity contribution in [1.82, 2.24) is 15.1 Å². The molecule has 132 valence electrons. The summed E-state index contributed by atoms with van der Waals surface area (Å²) in [4.78, 5) is 38.5. The summed E-state index contributed by atoms with van der Waals surface area (Å²) in [6, 6.07) is -0.0354. The Hall–Kier alpha value is -1.79. The van der Waals surface area contributed by atoms with Crippen LogP contribution in [0.1, 0.15) is 33.1 Å². The zero-order valence-corrected chi connectivity index (χ0v) is 14.5. The molecule has 2 N–H and O–H groups in total. The number of carboxylic acid groups (broad SMARTS) is 1. The Labute approximate surface area is 138 Å². The zero-order valence-electron chi connectivity index (χ0n) is 14.5. The van der Waals surface area contributed by atoms with Crippen LogP contribution in [-0.2, 0) is 9.59 Å². The van der Waals surface area contributed by atoms with Crippen LogP contribution in [0.25, 0.3) is 0 Å². The quantitative estimate of drug-likeness (QED) is 0.768. The van der Waals surface area contributed by atoms with Crippen LogP contribution in [0.3, 0.4) is 0 Å². The van der Waals surface area contributed by atoms with Gasteiger partial charge in [-0.05, 0) is 25.2 Å². The second kappa shape index (κ2) is 8.74. The summed E-state index contributed by atoms with van der Waals surface area (Å²) in [5.41, 5.74) is 0. The average Bonchev–Trinajstić information content (AvgIpc) is 2.49. The number of carbonyl (C=O) groups excluding carboxylic acids is 2. The Bertz CT molecular complexity index is 429. The first-order chi connectivity index (χ1) is 10.7. The molecule has 0 radical (unpaired) electrons. The highest BCUT2D eigenvalue weighted by atomic mass is 16.4. The molecule has 1 heterocycles. The standard InChI is InChI=1S/C16H29N3O4/c1-11(2)9-13(15(21)22)10-17-14(20)12-5-7-19(8-6-12)16(23)18(3)4/h11-13H,5-10H2,1-4H3,(H,17,20)(H,21,22). The van der Waals surface area contributed by atoms with E-state index in [1.54, 1.807) is 19.0 Å².